The van der Waals surface area contributed by atoms with E-state index in [-0.39, 0.29) is 11.6 Å². The van der Waals surface area contributed by atoms with Crippen LogP contribution in [-0.4, -0.2) is 13.2 Å². The normalized spacial score (nSPS) is 10.3. The van der Waals surface area contributed by atoms with Crippen molar-refractivity contribution in [3.8, 4) is 5.75 Å². The Morgan fingerprint density at radius 2 is 1.74 bits per heavy atom. The SMILES string of the molecule is Fc1ccc(NCCOc2cc(F)cc(Br)c2)cc1. The van der Waals surface area contributed by atoms with Gasteiger partial charge in [0.05, 0.1) is 0 Å². The van der Waals surface area contributed by atoms with Crippen molar-refractivity contribution in [2.45, 2.75) is 0 Å². The van der Waals surface area contributed by atoms with E-state index in [1.54, 1.807) is 18.2 Å². The van der Waals surface area contributed by atoms with E-state index >= 15 is 0 Å². The molecule has 0 saturated carbocycles. The van der Waals surface area contributed by atoms with E-state index in [9.17, 15) is 8.78 Å². The minimum Gasteiger partial charge on any atom is -0.492 e. The second-order valence-corrected chi connectivity index (χ2v) is 4.80. The van der Waals surface area contributed by atoms with Crippen LogP contribution < -0.4 is 10.1 Å². The van der Waals surface area contributed by atoms with Gasteiger partial charge in [0.1, 0.15) is 24.0 Å². The number of hydrogen-bond acceptors (Lipinski definition) is 2. The van der Waals surface area contributed by atoms with E-state index in [0.29, 0.717) is 23.4 Å². The summed E-state index contributed by atoms with van der Waals surface area (Å²) in [7, 11) is 0. The van der Waals surface area contributed by atoms with Crippen molar-refractivity contribution in [3.63, 3.8) is 0 Å². The highest BCUT2D eigenvalue weighted by molar-refractivity contribution is 9.10. The average molecular weight is 328 g/mol. The third-order valence-corrected chi connectivity index (χ3v) is 2.84. The predicted octanol–water partition coefficient (Wildman–Crippen LogP) is 4.22. The molecule has 0 amide bonds. The molecule has 0 aliphatic carbocycles. The number of rotatable bonds is 5. The summed E-state index contributed by atoms with van der Waals surface area (Å²) >= 11 is 3.19. The van der Waals surface area contributed by atoms with Crippen molar-refractivity contribution in [1.82, 2.24) is 0 Å². The molecule has 0 aromatic heterocycles. The van der Waals surface area contributed by atoms with E-state index in [2.05, 4.69) is 21.2 Å². The number of ether oxygens (including phenoxy) is 1. The van der Waals surface area contributed by atoms with Crippen LogP contribution in [0.4, 0.5) is 14.5 Å². The summed E-state index contributed by atoms with van der Waals surface area (Å²) in [6.45, 7) is 0.924. The Bertz CT molecular complexity index is 525. The predicted molar refractivity (Wildman–Crippen MR) is 74.5 cm³/mol. The van der Waals surface area contributed by atoms with Crippen LogP contribution in [0, 0.1) is 11.6 Å². The van der Waals surface area contributed by atoms with E-state index in [0.717, 1.165) is 5.69 Å². The van der Waals surface area contributed by atoms with Gasteiger partial charge < -0.3 is 10.1 Å². The summed E-state index contributed by atoms with van der Waals surface area (Å²) in [5.41, 5.74) is 0.811. The van der Waals surface area contributed by atoms with E-state index in [1.165, 1.54) is 24.3 Å². The van der Waals surface area contributed by atoms with Crippen molar-refractivity contribution in [2.24, 2.45) is 0 Å². The Kier molecular flexibility index (Phi) is 4.74. The first kappa shape index (κ1) is 13.8. The number of anilines is 1. The molecule has 0 bridgehead atoms. The molecule has 0 heterocycles. The van der Waals surface area contributed by atoms with E-state index in [4.69, 9.17) is 4.74 Å². The Labute approximate surface area is 118 Å². The van der Waals surface area contributed by atoms with Crippen molar-refractivity contribution >= 4 is 21.6 Å². The van der Waals surface area contributed by atoms with Gasteiger partial charge in [-0.2, -0.15) is 0 Å². The first-order valence-electron chi connectivity index (χ1n) is 5.72. The lowest BCUT2D eigenvalue weighted by atomic mass is 10.3. The van der Waals surface area contributed by atoms with Gasteiger partial charge in [0.25, 0.3) is 0 Å². The maximum absolute atomic E-state index is 13.1. The van der Waals surface area contributed by atoms with Crippen molar-refractivity contribution in [2.75, 3.05) is 18.5 Å². The minimum atomic E-state index is -0.351. The Balaban J connectivity index is 1.79. The van der Waals surface area contributed by atoms with Gasteiger partial charge in [-0.3, -0.25) is 0 Å². The number of nitrogens with one attached hydrogen (secondary N) is 1. The van der Waals surface area contributed by atoms with Crippen LogP contribution in [0.5, 0.6) is 5.75 Å². The maximum atomic E-state index is 13.1. The zero-order chi connectivity index (χ0) is 13.7. The van der Waals surface area contributed by atoms with Gasteiger partial charge >= 0.3 is 0 Å². The Morgan fingerprint density at radius 1 is 1.00 bits per heavy atom. The topological polar surface area (TPSA) is 21.3 Å². The average Bonchev–Trinajstić information content (AvgIpc) is 2.36. The molecule has 0 fully saturated rings. The molecule has 2 rings (SSSR count). The first-order valence-corrected chi connectivity index (χ1v) is 6.51. The van der Waals surface area contributed by atoms with E-state index < -0.39 is 0 Å². The molecule has 2 aromatic carbocycles. The van der Waals surface area contributed by atoms with Gasteiger partial charge in [0.15, 0.2) is 0 Å². The van der Waals surface area contributed by atoms with Crippen molar-refractivity contribution in [3.05, 3.63) is 58.6 Å². The maximum Gasteiger partial charge on any atom is 0.128 e. The number of hydrogen-bond donors (Lipinski definition) is 1. The molecule has 0 aliphatic rings. The molecule has 0 unspecified atom stereocenters. The largest absolute Gasteiger partial charge is 0.492 e. The summed E-state index contributed by atoms with van der Waals surface area (Å²) < 4.78 is 31.8. The molecule has 0 saturated heterocycles. The standard InChI is InChI=1S/C14H12BrF2NO/c15-10-7-12(17)9-14(8-10)19-6-5-18-13-3-1-11(16)2-4-13/h1-4,7-9,18H,5-6H2. The highest BCUT2D eigenvalue weighted by atomic mass is 79.9. The summed E-state index contributed by atoms with van der Waals surface area (Å²) in [5.74, 6) is -0.157. The molecule has 1 N–H and O–H groups in total. The van der Waals surface area contributed by atoms with Crippen molar-refractivity contribution < 1.29 is 13.5 Å². The van der Waals surface area contributed by atoms with Crippen LogP contribution in [0.15, 0.2) is 46.9 Å². The Hall–Kier alpha value is -1.62. The van der Waals surface area contributed by atoms with Gasteiger partial charge in [-0.15, -0.1) is 0 Å². The second kappa shape index (κ2) is 6.52. The summed E-state index contributed by atoms with van der Waals surface area (Å²) in [6, 6.07) is 10.4. The molecule has 100 valence electrons. The van der Waals surface area contributed by atoms with Crippen LogP contribution in [0.2, 0.25) is 0 Å². The van der Waals surface area contributed by atoms with Crippen LogP contribution in [0.25, 0.3) is 0 Å². The molecule has 0 aliphatic heterocycles. The summed E-state index contributed by atoms with van der Waals surface area (Å²) in [4.78, 5) is 0. The third kappa shape index (κ3) is 4.52. The first-order chi connectivity index (χ1) is 9.13. The van der Waals surface area contributed by atoms with Crippen LogP contribution in [0.3, 0.4) is 0 Å². The summed E-state index contributed by atoms with van der Waals surface area (Å²) in [6.07, 6.45) is 0. The smallest absolute Gasteiger partial charge is 0.128 e. The van der Waals surface area contributed by atoms with Gasteiger partial charge in [-0.25, -0.2) is 8.78 Å². The molecular weight excluding hydrogens is 316 g/mol. The van der Waals surface area contributed by atoms with Crippen LogP contribution in [0.1, 0.15) is 0 Å². The fraction of sp³-hybridized carbons (Fsp3) is 0.143. The van der Waals surface area contributed by atoms with Crippen molar-refractivity contribution in [1.29, 1.82) is 0 Å². The molecule has 2 nitrogen and oxygen atoms in total. The van der Waals surface area contributed by atoms with Crippen LogP contribution in [-0.2, 0) is 0 Å². The lowest BCUT2D eigenvalue weighted by Crippen LogP contribution is -2.11. The summed E-state index contributed by atoms with van der Waals surface area (Å²) in [5, 5.41) is 3.07. The monoisotopic (exact) mass is 327 g/mol. The molecule has 0 spiro atoms. The molecular formula is C14H12BrF2NO. The minimum absolute atomic E-state index is 0.272. The quantitative estimate of drug-likeness (QED) is 0.830. The van der Waals surface area contributed by atoms with Gasteiger partial charge in [-0.1, -0.05) is 15.9 Å². The highest BCUT2D eigenvalue weighted by Crippen LogP contribution is 2.20. The molecule has 0 atom stereocenters. The fourth-order valence-corrected chi connectivity index (χ4v) is 1.99. The molecule has 0 radical (unpaired) electrons. The third-order valence-electron chi connectivity index (χ3n) is 2.38. The van der Waals surface area contributed by atoms with Gasteiger partial charge in [-0.05, 0) is 36.4 Å². The fourth-order valence-electron chi connectivity index (χ4n) is 1.54. The zero-order valence-corrected chi connectivity index (χ0v) is 11.6. The number of halogens is 3. The number of benzene rings is 2. The van der Waals surface area contributed by atoms with Crippen LogP contribution >= 0.6 is 15.9 Å². The molecule has 2 aromatic rings. The lowest BCUT2D eigenvalue weighted by molar-refractivity contribution is 0.331. The van der Waals surface area contributed by atoms with Gasteiger partial charge in [0, 0.05) is 22.8 Å². The Morgan fingerprint density at radius 3 is 2.42 bits per heavy atom. The lowest BCUT2D eigenvalue weighted by Gasteiger charge is -2.09. The second-order valence-electron chi connectivity index (χ2n) is 3.89. The molecule has 5 heteroatoms. The molecule has 19 heavy (non-hydrogen) atoms. The highest BCUT2D eigenvalue weighted by Gasteiger charge is 2.00. The van der Waals surface area contributed by atoms with Gasteiger partial charge in [0.2, 0.25) is 0 Å². The zero-order valence-electron chi connectivity index (χ0n) is 10.00. The van der Waals surface area contributed by atoms with E-state index in [1.807, 2.05) is 0 Å².